The van der Waals surface area contributed by atoms with E-state index in [0.29, 0.717) is 0 Å². The SMILES string of the molecule is Cc1ccc(-c2ccccc2C=NNc2nc(-c3ccccc3)cs2)s1. The summed E-state index contributed by atoms with van der Waals surface area (Å²) in [6, 6.07) is 22.8. The smallest absolute Gasteiger partial charge is 0.203 e. The van der Waals surface area contributed by atoms with Crippen LogP contribution in [0.5, 0.6) is 0 Å². The van der Waals surface area contributed by atoms with E-state index >= 15 is 0 Å². The zero-order chi connectivity index (χ0) is 17.8. The van der Waals surface area contributed by atoms with Crippen LogP contribution in [0.25, 0.3) is 21.7 Å². The maximum absolute atomic E-state index is 4.59. The predicted molar refractivity (Wildman–Crippen MR) is 113 cm³/mol. The molecule has 0 saturated carbocycles. The lowest BCUT2D eigenvalue weighted by atomic mass is 10.1. The molecular formula is C21H17N3S2. The van der Waals surface area contributed by atoms with Crippen molar-refractivity contribution in [3.63, 3.8) is 0 Å². The zero-order valence-corrected chi connectivity index (χ0v) is 15.8. The Balaban J connectivity index is 1.51. The van der Waals surface area contributed by atoms with Gasteiger partial charge in [0.15, 0.2) is 0 Å². The molecule has 0 radical (unpaired) electrons. The molecule has 2 aromatic heterocycles. The number of thiazole rings is 1. The first-order chi connectivity index (χ1) is 12.8. The Kier molecular flexibility index (Phi) is 4.91. The Morgan fingerprint density at radius 1 is 0.962 bits per heavy atom. The molecule has 3 nitrogen and oxygen atoms in total. The summed E-state index contributed by atoms with van der Waals surface area (Å²) in [5, 5.41) is 7.21. The topological polar surface area (TPSA) is 37.3 Å². The fourth-order valence-corrected chi connectivity index (χ4v) is 4.22. The summed E-state index contributed by atoms with van der Waals surface area (Å²) < 4.78 is 0. The molecule has 0 bridgehead atoms. The lowest BCUT2D eigenvalue weighted by Crippen LogP contribution is -1.92. The van der Waals surface area contributed by atoms with E-state index in [-0.39, 0.29) is 0 Å². The van der Waals surface area contributed by atoms with Gasteiger partial charge in [0.25, 0.3) is 0 Å². The van der Waals surface area contributed by atoms with Gasteiger partial charge in [-0.25, -0.2) is 4.98 Å². The standard InChI is InChI=1S/C21H17N3S2/c1-15-11-12-20(26-15)18-10-6-5-9-17(18)13-22-24-21-23-19(14-25-21)16-7-3-2-4-8-16/h2-14H,1H3,(H,23,24). The summed E-state index contributed by atoms with van der Waals surface area (Å²) >= 11 is 3.34. The van der Waals surface area contributed by atoms with Gasteiger partial charge in [0.05, 0.1) is 11.9 Å². The average Bonchev–Trinajstić information content (AvgIpc) is 3.32. The van der Waals surface area contributed by atoms with Crippen molar-refractivity contribution in [2.45, 2.75) is 6.92 Å². The van der Waals surface area contributed by atoms with Crippen LogP contribution in [0.4, 0.5) is 5.13 Å². The van der Waals surface area contributed by atoms with Gasteiger partial charge in [-0.15, -0.1) is 22.7 Å². The number of hydrogen-bond donors (Lipinski definition) is 1. The fourth-order valence-electron chi connectivity index (χ4n) is 2.64. The van der Waals surface area contributed by atoms with Crippen LogP contribution in [0.3, 0.4) is 0 Å². The third-order valence-corrected chi connectivity index (χ3v) is 5.69. The lowest BCUT2D eigenvalue weighted by molar-refractivity contribution is 1.29. The number of hydrazone groups is 1. The van der Waals surface area contributed by atoms with Crippen LogP contribution in [0, 0.1) is 6.92 Å². The molecule has 4 rings (SSSR count). The summed E-state index contributed by atoms with van der Waals surface area (Å²) in [7, 11) is 0. The van der Waals surface area contributed by atoms with Crippen molar-refractivity contribution in [2.75, 3.05) is 5.43 Å². The monoisotopic (exact) mass is 375 g/mol. The van der Waals surface area contributed by atoms with E-state index < -0.39 is 0 Å². The Morgan fingerprint density at radius 3 is 2.58 bits per heavy atom. The number of aromatic nitrogens is 1. The van der Waals surface area contributed by atoms with Gasteiger partial charge in [0, 0.05) is 31.8 Å². The van der Waals surface area contributed by atoms with Gasteiger partial charge in [-0.2, -0.15) is 5.10 Å². The first kappa shape index (κ1) is 16.7. The predicted octanol–water partition coefficient (Wildman–Crippen LogP) is 6.29. The van der Waals surface area contributed by atoms with Crippen LogP contribution in [0.15, 0.2) is 77.2 Å². The van der Waals surface area contributed by atoms with E-state index in [4.69, 9.17) is 0 Å². The minimum Gasteiger partial charge on any atom is -0.253 e. The Morgan fingerprint density at radius 2 is 1.77 bits per heavy atom. The molecule has 0 aliphatic carbocycles. The highest BCUT2D eigenvalue weighted by molar-refractivity contribution is 7.15. The minimum absolute atomic E-state index is 0.782. The van der Waals surface area contributed by atoms with Crippen LogP contribution in [-0.4, -0.2) is 11.2 Å². The summed E-state index contributed by atoms with van der Waals surface area (Å²) in [6.45, 7) is 2.12. The van der Waals surface area contributed by atoms with E-state index in [2.05, 4.69) is 64.9 Å². The minimum atomic E-state index is 0.782. The molecule has 0 unspecified atom stereocenters. The van der Waals surface area contributed by atoms with Crippen LogP contribution in [-0.2, 0) is 0 Å². The first-order valence-corrected chi connectivity index (χ1v) is 9.95. The first-order valence-electron chi connectivity index (χ1n) is 8.25. The quantitative estimate of drug-likeness (QED) is 0.329. The largest absolute Gasteiger partial charge is 0.253 e. The van der Waals surface area contributed by atoms with E-state index in [9.17, 15) is 0 Å². The van der Waals surface area contributed by atoms with Crippen LogP contribution < -0.4 is 5.43 Å². The number of thiophene rings is 1. The highest BCUT2D eigenvalue weighted by Crippen LogP contribution is 2.30. The molecule has 0 fully saturated rings. The van der Waals surface area contributed by atoms with Gasteiger partial charge in [-0.1, -0.05) is 54.6 Å². The Hall–Kier alpha value is -2.76. The molecule has 4 aromatic rings. The Labute approximate surface area is 160 Å². The lowest BCUT2D eigenvalue weighted by Gasteiger charge is -2.02. The highest BCUT2D eigenvalue weighted by Gasteiger charge is 2.06. The molecule has 26 heavy (non-hydrogen) atoms. The van der Waals surface area contributed by atoms with Crippen molar-refractivity contribution in [2.24, 2.45) is 5.10 Å². The molecule has 0 amide bonds. The van der Waals surface area contributed by atoms with Crippen molar-refractivity contribution < 1.29 is 0 Å². The van der Waals surface area contributed by atoms with Crippen molar-refractivity contribution in [3.8, 4) is 21.7 Å². The summed E-state index contributed by atoms with van der Waals surface area (Å²) in [4.78, 5) is 7.15. The zero-order valence-electron chi connectivity index (χ0n) is 14.2. The van der Waals surface area contributed by atoms with Crippen LogP contribution in [0.1, 0.15) is 10.4 Å². The van der Waals surface area contributed by atoms with Crippen molar-refractivity contribution >= 4 is 34.0 Å². The van der Waals surface area contributed by atoms with E-state index in [1.54, 1.807) is 22.7 Å². The molecule has 0 atom stereocenters. The van der Waals surface area contributed by atoms with Gasteiger partial charge >= 0.3 is 0 Å². The van der Waals surface area contributed by atoms with E-state index in [0.717, 1.165) is 22.0 Å². The number of nitrogens with one attached hydrogen (secondary N) is 1. The van der Waals surface area contributed by atoms with Gasteiger partial charge < -0.3 is 0 Å². The van der Waals surface area contributed by atoms with E-state index in [1.165, 1.54) is 15.3 Å². The molecule has 2 aromatic carbocycles. The van der Waals surface area contributed by atoms with Crippen LogP contribution in [0.2, 0.25) is 0 Å². The average molecular weight is 376 g/mol. The third kappa shape index (κ3) is 3.74. The second-order valence-corrected chi connectivity index (χ2v) is 7.92. The molecule has 0 aliphatic rings. The van der Waals surface area contributed by atoms with Gasteiger partial charge in [-0.3, -0.25) is 5.43 Å². The molecule has 0 spiro atoms. The number of aryl methyl sites for hydroxylation is 1. The molecule has 128 valence electrons. The molecular weight excluding hydrogens is 358 g/mol. The third-order valence-electron chi connectivity index (χ3n) is 3.90. The maximum atomic E-state index is 4.59. The number of nitrogens with zero attached hydrogens (tertiary/aromatic N) is 2. The normalized spacial score (nSPS) is 11.1. The summed E-state index contributed by atoms with van der Waals surface area (Å²) in [5.74, 6) is 0. The number of benzene rings is 2. The van der Waals surface area contributed by atoms with Gasteiger partial charge in [0.1, 0.15) is 0 Å². The molecule has 1 N–H and O–H groups in total. The van der Waals surface area contributed by atoms with Crippen molar-refractivity contribution in [1.82, 2.24) is 4.98 Å². The maximum Gasteiger partial charge on any atom is 0.203 e. The van der Waals surface area contributed by atoms with Crippen LogP contribution >= 0.6 is 22.7 Å². The highest BCUT2D eigenvalue weighted by atomic mass is 32.1. The molecule has 0 saturated heterocycles. The van der Waals surface area contributed by atoms with Gasteiger partial charge in [-0.05, 0) is 19.1 Å². The molecule has 0 aliphatic heterocycles. The second kappa shape index (κ2) is 7.64. The number of hydrogen-bond acceptors (Lipinski definition) is 5. The summed E-state index contributed by atoms with van der Waals surface area (Å²) in [6.07, 6.45) is 1.86. The second-order valence-electron chi connectivity index (χ2n) is 5.77. The fraction of sp³-hybridized carbons (Fsp3) is 0.0476. The Bertz CT molecular complexity index is 1030. The van der Waals surface area contributed by atoms with E-state index in [1.807, 2.05) is 35.9 Å². The molecule has 2 heterocycles. The van der Waals surface area contributed by atoms with Crippen molar-refractivity contribution in [3.05, 3.63) is 82.6 Å². The number of anilines is 1. The number of rotatable bonds is 5. The van der Waals surface area contributed by atoms with Crippen molar-refractivity contribution in [1.29, 1.82) is 0 Å². The van der Waals surface area contributed by atoms with Gasteiger partial charge in [0.2, 0.25) is 5.13 Å². The molecule has 5 heteroatoms. The summed E-state index contributed by atoms with van der Waals surface area (Å²) in [5.41, 5.74) is 7.40.